The molecule has 0 aliphatic carbocycles. The molecule has 0 spiro atoms. The number of ether oxygens (including phenoxy) is 2. The van der Waals surface area contributed by atoms with Crippen LogP contribution in [0.2, 0.25) is 0 Å². The normalized spacial score (nSPS) is 16.3. The van der Waals surface area contributed by atoms with Gasteiger partial charge in [-0.25, -0.2) is 4.68 Å². The van der Waals surface area contributed by atoms with Gasteiger partial charge >= 0.3 is 0 Å². The summed E-state index contributed by atoms with van der Waals surface area (Å²) in [5, 5.41) is 12.5. The van der Waals surface area contributed by atoms with Crippen molar-refractivity contribution in [3.05, 3.63) is 54.1 Å². The third kappa shape index (κ3) is 2.77. The molecule has 0 saturated heterocycles. The Labute approximate surface area is 153 Å². The van der Waals surface area contributed by atoms with Crippen LogP contribution in [0.15, 0.2) is 51.8 Å². The van der Waals surface area contributed by atoms with Crippen LogP contribution in [0.1, 0.15) is 17.4 Å². The Morgan fingerprint density at radius 1 is 1.19 bits per heavy atom. The van der Waals surface area contributed by atoms with Crippen molar-refractivity contribution < 1.29 is 18.4 Å². The van der Waals surface area contributed by atoms with Crippen molar-refractivity contribution in [1.82, 2.24) is 25.1 Å². The van der Waals surface area contributed by atoms with Crippen molar-refractivity contribution in [2.75, 3.05) is 7.11 Å². The first-order valence-electron chi connectivity index (χ1n) is 8.36. The standard InChI is InChI=1S/C18H15N5O4/c1-24-13-4-2-11(3-5-13)15-8-23-14(10-26-15)16(20-22-23)17-19-18(27-21-17)12-6-7-25-9-12/h2-7,9,15H,8,10H2,1H3/t15-/m0/s1. The fourth-order valence-corrected chi connectivity index (χ4v) is 3.03. The topological polar surface area (TPSA) is 101 Å². The third-order valence-corrected chi connectivity index (χ3v) is 4.49. The Kier molecular flexibility index (Phi) is 3.72. The SMILES string of the molecule is COc1ccc([C@@H]2Cn3nnc(-c4noc(-c5ccoc5)n4)c3CO2)cc1. The number of benzene rings is 1. The number of hydrogen-bond acceptors (Lipinski definition) is 8. The summed E-state index contributed by atoms with van der Waals surface area (Å²) in [5.74, 6) is 1.55. The van der Waals surface area contributed by atoms with E-state index in [9.17, 15) is 0 Å². The summed E-state index contributed by atoms with van der Waals surface area (Å²) in [6.45, 7) is 0.912. The summed E-state index contributed by atoms with van der Waals surface area (Å²) < 4.78 is 23.4. The van der Waals surface area contributed by atoms with Crippen molar-refractivity contribution in [2.24, 2.45) is 0 Å². The molecule has 0 unspecified atom stereocenters. The van der Waals surface area contributed by atoms with E-state index in [0.29, 0.717) is 36.1 Å². The van der Waals surface area contributed by atoms with Gasteiger partial charge in [0, 0.05) is 0 Å². The molecule has 0 radical (unpaired) electrons. The van der Waals surface area contributed by atoms with Gasteiger partial charge in [-0.05, 0) is 23.8 Å². The van der Waals surface area contributed by atoms with Gasteiger partial charge in [-0.1, -0.05) is 22.5 Å². The first kappa shape index (κ1) is 15.8. The Bertz CT molecular complexity index is 1050. The minimum Gasteiger partial charge on any atom is -0.497 e. The van der Waals surface area contributed by atoms with Crippen LogP contribution in [0.3, 0.4) is 0 Å². The van der Waals surface area contributed by atoms with Gasteiger partial charge in [0.2, 0.25) is 5.82 Å². The molecule has 9 heteroatoms. The molecule has 1 aliphatic heterocycles. The fraction of sp³-hybridized carbons (Fsp3) is 0.222. The van der Waals surface area contributed by atoms with Crippen LogP contribution in [-0.2, 0) is 17.9 Å². The molecule has 5 rings (SSSR count). The highest BCUT2D eigenvalue weighted by Crippen LogP contribution is 2.31. The lowest BCUT2D eigenvalue weighted by Crippen LogP contribution is -2.22. The summed E-state index contributed by atoms with van der Waals surface area (Å²) in [5.41, 5.74) is 3.15. The maximum Gasteiger partial charge on any atom is 0.261 e. The summed E-state index contributed by atoms with van der Waals surface area (Å²) in [4.78, 5) is 4.38. The maximum absolute atomic E-state index is 6.02. The molecule has 0 bridgehead atoms. The van der Waals surface area contributed by atoms with Gasteiger partial charge in [-0.3, -0.25) is 0 Å². The van der Waals surface area contributed by atoms with E-state index in [1.54, 1.807) is 25.7 Å². The van der Waals surface area contributed by atoms with Gasteiger partial charge < -0.3 is 18.4 Å². The van der Waals surface area contributed by atoms with Gasteiger partial charge in [0.15, 0.2) is 5.69 Å². The molecule has 0 N–H and O–H groups in total. The maximum atomic E-state index is 6.02. The second-order valence-electron chi connectivity index (χ2n) is 6.07. The van der Waals surface area contributed by atoms with Gasteiger partial charge in [0.1, 0.15) is 18.1 Å². The molecular formula is C18H15N5O4. The zero-order valence-electron chi connectivity index (χ0n) is 14.4. The number of rotatable bonds is 4. The predicted octanol–water partition coefficient (Wildman–Crippen LogP) is 2.87. The van der Waals surface area contributed by atoms with Crippen LogP contribution >= 0.6 is 0 Å². The van der Waals surface area contributed by atoms with Crippen LogP contribution in [-0.4, -0.2) is 32.2 Å². The first-order valence-corrected chi connectivity index (χ1v) is 8.36. The quantitative estimate of drug-likeness (QED) is 0.544. The Morgan fingerprint density at radius 2 is 2.07 bits per heavy atom. The molecule has 1 atom stereocenters. The lowest BCUT2D eigenvalue weighted by molar-refractivity contribution is -0.00114. The highest BCUT2D eigenvalue weighted by molar-refractivity contribution is 5.57. The number of aromatic nitrogens is 5. The highest BCUT2D eigenvalue weighted by atomic mass is 16.5. The van der Waals surface area contributed by atoms with E-state index >= 15 is 0 Å². The molecule has 0 amide bonds. The molecule has 4 aromatic rings. The Balaban J connectivity index is 1.40. The molecule has 3 aromatic heterocycles. The molecule has 0 saturated carbocycles. The summed E-state index contributed by atoms with van der Waals surface area (Å²) >= 11 is 0. The molecule has 1 aliphatic rings. The van der Waals surface area contributed by atoms with E-state index in [1.807, 2.05) is 28.9 Å². The van der Waals surface area contributed by atoms with Gasteiger partial charge in [-0.2, -0.15) is 4.98 Å². The number of hydrogen-bond donors (Lipinski definition) is 0. The lowest BCUT2D eigenvalue weighted by atomic mass is 10.1. The number of methoxy groups -OCH3 is 1. The van der Waals surface area contributed by atoms with Crippen LogP contribution < -0.4 is 4.74 Å². The number of fused-ring (bicyclic) bond motifs is 1. The summed E-state index contributed by atoms with van der Waals surface area (Å²) in [6, 6.07) is 9.56. The minimum atomic E-state index is -0.107. The zero-order chi connectivity index (χ0) is 18.2. The average Bonchev–Trinajstić information content (AvgIpc) is 3.46. The van der Waals surface area contributed by atoms with Crippen molar-refractivity contribution >= 4 is 0 Å². The fourth-order valence-electron chi connectivity index (χ4n) is 3.03. The van der Waals surface area contributed by atoms with Gasteiger partial charge in [-0.15, -0.1) is 5.10 Å². The lowest BCUT2D eigenvalue weighted by Gasteiger charge is -2.24. The second kappa shape index (κ2) is 6.36. The first-order chi connectivity index (χ1) is 13.3. The molecule has 9 nitrogen and oxygen atoms in total. The molecule has 27 heavy (non-hydrogen) atoms. The summed E-state index contributed by atoms with van der Waals surface area (Å²) in [7, 11) is 1.64. The van der Waals surface area contributed by atoms with Crippen molar-refractivity contribution in [2.45, 2.75) is 19.3 Å². The average molecular weight is 365 g/mol. The summed E-state index contributed by atoms with van der Waals surface area (Å²) in [6.07, 6.45) is 2.98. The Morgan fingerprint density at radius 3 is 2.85 bits per heavy atom. The molecule has 1 aromatic carbocycles. The van der Waals surface area contributed by atoms with E-state index in [1.165, 1.54) is 0 Å². The van der Waals surface area contributed by atoms with Crippen molar-refractivity contribution in [3.63, 3.8) is 0 Å². The minimum absolute atomic E-state index is 0.107. The predicted molar refractivity (Wildman–Crippen MR) is 91.5 cm³/mol. The molecular weight excluding hydrogens is 350 g/mol. The molecule has 136 valence electrons. The van der Waals surface area contributed by atoms with Gasteiger partial charge in [0.25, 0.3) is 5.89 Å². The molecule has 4 heterocycles. The van der Waals surface area contributed by atoms with E-state index < -0.39 is 0 Å². The van der Waals surface area contributed by atoms with Crippen molar-refractivity contribution in [1.29, 1.82) is 0 Å². The monoisotopic (exact) mass is 365 g/mol. The number of furan rings is 1. The van der Waals surface area contributed by atoms with Crippen LogP contribution in [0.4, 0.5) is 0 Å². The second-order valence-corrected chi connectivity index (χ2v) is 6.07. The van der Waals surface area contributed by atoms with Crippen LogP contribution in [0.5, 0.6) is 5.75 Å². The van der Waals surface area contributed by atoms with E-state index in [2.05, 4.69) is 20.5 Å². The van der Waals surface area contributed by atoms with Crippen LogP contribution in [0.25, 0.3) is 23.0 Å². The third-order valence-electron chi connectivity index (χ3n) is 4.49. The smallest absolute Gasteiger partial charge is 0.261 e. The van der Waals surface area contributed by atoms with Crippen LogP contribution in [0, 0.1) is 0 Å². The highest BCUT2D eigenvalue weighted by Gasteiger charge is 2.27. The van der Waals surface area contributed by atoms with E-state index in [-0.39, 0.29) is 6.10 Å². The largest absolute Gasteiger partial charge is 0.497 e. The van der Waals surface area contributed by atoms with E-state index in [4.69, 9.17) is 18.4 Å². The zero-order valence-corrected chi connectivity index (χ0v) is 14.4. The van der Waals surface area contributed by atoms with E-state index in [0.717, 1.165) is 17.0 Å². The number of nitrogens with zero attached hydrogens (tertiary/aromatic N) is 5. The Hall–Kier alpha value is -3.46. The van der Waals surface area contributed by atoms with Crippen molar-refractivity contribution in [3.8, 4) is 28.7 Å². The molecule has 0 fully saturated rings. The van der Waals surface area contributed by atoms with Gasteiger partial charge in [0.05, 0.1) is 37.8 Å².